The Morgan fingerprint density at radius 3 is 2.42 bits per heavy atom. The van der Waals surface area contributed by atoms with Crippen LogP contribution < -0.4 is 11.2 Å². The maximum Gasteiger partial charge on any atom is 0.331 e. The molecule has 0 aliphatic carbocycles. The van der Waals surface area contributed by atoms with E-state index in [1.54, 1.807) is 31.5 Å². The molecular formula is C23H22ClN3O4. The molecule has 8 heteroatoms. The number of benzene rings is 1. The third-order valence-electron chi connectivity index (χ3n) is 5.98. The van der Waals surface area contributed by atoms with Gasteiger partial charge >= 0.3 is 5.69 Å². The Morgan fingerprint density at radius 2 is 1.77 bits per heavy atom. The number of fused-ring (bicyclic) bond motifs is 3. The Bertz CT molecular complexity index is 1420. The molecule has 0 fully saturated rings. The van der Waals surface area contributed by atoms with Crippen molar-refractivity contribution >= 4 is 22.5 Å². The van der Waals surface area contributed by atoms with E-state index in [0.717, 1.165) is 21.5 Å². The highest BCUT2D eigenvalue weighted by atomic mass is 35.5. The van der Waals surface area contributed by atoms with E-state index in [4.69, 9.17) is 20.8 Å². The number of ether oxygens (including phenoxy) is 1. The van der Waals surface area contributed by atoms with Gasteiger partial charge in [0, 0.05) is 19.1 Å². The van der Waals surface area contributed by atoms with Gasteiger partial charge in [0.2, 0.25) is 0 Å². The average molecular weight is 440 g/mol. The second-order valence-electron chi connectivity index (χ2n) is 8.52. The Kier molecular flexibility index (Phi) is 4.32. The summed E-state index contributed by atoms with van der Waals surface area (Å²) in [6, 6.07) is 11.0. The first-order chi connectivity index (χ1) is 14.7. The Balaban J connectivity index is 2.03. The van der Waals surface area contributed by atoms with Gasteiger partial charge in [-0.15, -0.1) is 0 Å². The smallest absolute Gasteiger partial charge is 0.331 e. The summed E-state index contributed by atoms with van der Waals surface area (Å²) in [6.45, 7) is 4.51. The van der Waals surface area contributed by atoms with Crippen molar-refractivity contribution in [3.05, 3.63) is 80.0 Å². The van der Waals surface area contributed by atoms with Crippen LogP contribution in [0.1, 0.15) is 31.4 Å². The van der Waals surface area contributed by atoms with Gasteiger partial charge in [0.05, 0.1) is 40.7 Å². The minimum Gasteiger partial charge on any atom is -0.466 e. The van der Waals surface area contributed by atoms with Crippen molar-refractivity contribution < 1.29 is 9.15 Å². The van der Waals surface area contributed by atoms with Crippen LogP contribution in [-0.4, -0.2) is 20.3 Å². The van der Waals surface area contributed by atoms with Gasteiger partial charge in [-0.25, -0.2) is 4.79 Å². The lowest BCUT2D eigenvalue weighted by molar-refractivity contribution is -0.0164. The molecule has 1 aromatic carbocycles. The third-order valence-corrected chi connectivity index (χ3v) is 6.24. The molecule has 1 aliphatic heterocycles. The van der Waals surface area contributed by atoms with Gasteiger partial charge in [0.1, 0.15) is 5.76 Å². The van der Waals surface area contributed by atoms with Gasteiger partial charge < -0.3 is 13.7 Å². The summed E-state index contributed by atoms with van der Waals surface area (Å²) in [6.07, 6.45) is 1.04. The number of nitrogens with zero attached hydrogens (tertiary/aromatic N) is 3. The number of rotatable bonds is 2. The van der Waals surface area contributed by atoms with Crippen molar-refractivity contribution in [3.8, 4) is 11.3 Å². The monoisotopic (exact) mass is 439 g/mol. The minimum atomic E-state index is -0.552. The van der Waals surface area contributed by atoms with E-state index in [-0.39, 0.29) is 5.56 Å². The zero-order chi connectivity index (χ0) is 22.1. The fraction of sp³-hybridized carbons (Fsp3) is 0.304. The molecule has 0 spiro atoms. The lowest BCUT2D eigenvalue weighted by atomic mass is 10.0. The lowest BCUT2D eigenvalue weighted by Crippen LogP contribution is -2.40. The number of furan rings is 1. The van der Waals surface area contributed by atoms with Crippen LogP contribution in [0.15, 0.2) is 56.7 Å². The molecule has 3 aromatic heterocycles. The normalized spacial score (nSPS) is 17.8. The van der Waals surface area contributed by atoms with Crippen LogP contribution in [-0.2, 0) is 24.4 Å². The number of hydrogen-bond donors (Lipinski definition) is 0. The molecule has 5 rings (SSSR count). The van der Waals surface area contributed by atoms with E-state index < -0.39 is 17.3 Å². The van der Waals surface area contributed by atoms with Crippen molar-refractivity contribution in [2.45, 2.75) is 25.5 Å². The topological polar surface area (TPSA) is 71.3 Å². The fourth-order valence-corrected chi connectivity index (χ4v) is 4.66. The average Bonchev–Trinajstić information content (AvgIpc) is 3.39. The van der Waals surface area contributed by atoms with Gasteiger partial charge in [0.25, 0.3) is 5.56 Å². The van der Waals surface area contributed by atoms with E-state index in [1.807, 2.05) is 18.2 Å². The first kappa shape index (κ1) is 19.9. The molecular weight excluding hydrogens is 418 g/mol. The van der Waals surface area contributed by atoms with Gasteiger partial charge in [-0.05, 0) is 43.7 Å². The van der Waals surface area contributed by atoms with E-state index >= 15 is 0 Å². The predicted molar refractivity (Wildman–Crippen MR) is 119 cm³/mol. The molecule has 7 nitrogen and oxygen atoms in total. The molecule has 0 bridgehead atoms. The zero-order valence-corrected chi connectivity index (χ0v) is 18.4. The maximum absolute atomic E-state index is 13.4. The lowest BCUT2D eigenvalue weighted by Gasteiger charge is -2.38. The maximum atomic E-state index is 13.4. The van der Waals surface area contributed by atoms with Crippen molar-refractivity contribution in [1.82, 2.24) is 13.7 Å². The Hall–Kier alpha value is -3.03. The number of aryl methyl sites for hydroxylation is 1. The summed E-state index contributed by atoms with van der Waals surface area (Å²) in [5.74, 6) is 0.618. The first-order valence-corrected chi connectivity index (χ1v) is 10.4. The van der Waals surface area contributed by atoms with Crippen LogP contribution in [0, 0.1) is 0 Å². The fourth-order valence-electron chi connectivity index (χ4n) is 4.54. The number of aromatic nitrogens is 3. The SMILES string of the molecule is Cn1c(=O)c2c(-c3ccc(Cl)cc3)n3c(c2n(C)c1=O)[C@@H](c1ccco1)OCC3(C)C. The Morgan fingerprint density at radius 1 is 1.06 bits per heavy atom. The molecule has 0 saturated carbocycles. The molecule has 31 heavy (non-hydrogen) atoms. The summed E-state index contributed by atoms with van der Waals surface area (Å²) < 4.78 is 16.7. The van der Waals surface area contributed by atoms with Crippen LogP contribution >= 0.6 is 11.6 Å². The molecule has 160 valence electrons. The highest BCUT2D eigenvalue weighted by Gasteiger charge is 2.41. The molecule has 0 radical (unpaired) electrons. The summed E-state index contributed by atoms with van der Waals surface area (Å²) in [5.41, 5.74) is 1.63. The Labute approximate surface area is 183 Å². The summed E-state index contributed by atoms with van der Waals surface area (Å²) in [4.78, 5) is 26.3. The molecule has 0 amide bonds. The molecule has 0 unspecified atom stereocenters. The summed E-state index contributed by atoms with van der Waals surface area (Å²) >= 11 is 6.13. The van der Waals surface area contributed by atoms with E-state index in [9.17, 15) is 9.59 Å². The minimum absolute atomic E-state index is 0.348. The summed E-state index contributed by atoms with van der Waals surface area (Å²) in [7, 11) is 3.18. The third kappa shape index (κ3) is 2.77. The molecule has 0 saturated heterocycles. The molecule has 1 aliphatic rings. The van der Waals surface area contributed by atoms with Gasteiger partial charge in [-0.1, -0.05) is 23.7 Å². The van der Waals surface area contributed by atoms with E-state index in [1.165, 1.54) is 11.6 Å². The molecule has 1 atom stereocenters. The first-order valence-electron chi connectivity index (χ1n) is 9.98. The van der Waals surface area contributed by atoms with Crippen molar-refractivity contribution in [2.24, 2.45) is 14.1 Å². The van der Waals surface area contributed by atoms with Crippen molar-refractivity contribution in [3.63, 3.8) is 0 Å². The highest BCUT2D eigenvalue weighted by Crippen LogP contribution is 2.45. The quantitative estimate of drug-likeness (QED) is 0.476. The second-order valence-corrected chi connectivity index (χ2v) is 8.96. The molecule has 4 aromatic rings. The van der Waals surface area contributed by atoms with Crippen molar-refractivity contribution in [1.29, 1.82) is 0 Å². The molecule has 0 N–H and O–H groups in total. The number of halogens is 1. The van der Waals surface area contributed by atoms with Crippen LogP contribution in [0.5, 0.6) is 0 Å². The predicted octanol–water partition coefficient (Wildman–Crippen LogP) is 3.81. The van der Waals surface area contributed by atoms with Crippen LogP contribution in [0.2, 0.25) is 5.02 Å². The van der Waals surface area contributed by atoms with Crippen LogP contribution in [0.4, 0.5) is 0 Å². The van der Waals surface area contributed by atoms with Crippen LogP contribution in [0.3, 0.4) is 0 Å². The van der Waals surface area contributed by atoms with E-state index in [2.05, 4.69) is 18.4 Å². The van der Waals surface area contributed by atoms with Crippen LogP contribution in [0.25, 0.3) is 22.2 Å². The van der Waals surface area contributed by atoms with Gasteiger partial charge in [0.15, 0.2) is 6.10 Å². The number of hydrogen-bond acceptors (Lipinski definition) is 4. The summed E-state index contributed by atoms with van der Waals surface area (Å²) in [5, 5.41) is 1.08. The van der Waals surface area contributed by atoms with Crippen molar-refractivity contribution in [2.75, 3.05) is 6.61 Å². The second kappa shape index (κ2) is 6.73. The highest BCUT2D eigenvalue weighted by molar-refractivity contribution is 6.30. The van der Waals surface area contributed by atoms with E-state index in [0.29, 0.717) is 28.3 Å². The molecule has 4 heterocycles. The van der Waals surface area contributed by atoms with Gasteiger partial charge in [-0.2, -0.15) is 0 Å². The van der Waals surface area contributed by atoms with Gasteiger partial charge in [-0.3, -0.25) is 13.9 Å². The standard InChI is InChI=1S/C23H22ClN3O4/c1-23(2)12-31-20(15-6-5-11-30-15)19-18-16(21(28)26(4)22(29)25(18)3)17(27(19)23)13-7-9-14(24)10-8-13/h5-11,20H,12H2,1-4H3/t20-/m1/s1. The zero-order valence-electron chi connectivity index (χ0n) is 17.7. The largest absolute Gasteiger partial charge is 0.466 e.